The molecular formula is C12H18O3. The van der Waals surface area contributed by atoms with Gasteiger partial charge in [0.25, 0.3) is 0 Å². The SMILES string of the molecule is COc1ccc(CCCO)c(OC)c1C. The Labute approximate surface area is 90.6 Å². The van der Waals surface area contributed by atoms with Crippen LogP contribution < -0.4 is 9.47 Å². The zero-order valence-electron chi connectivity index (χ0n) is 9.54. The predicted molar refractivity (Wildman–Crippen MR) is 59.7 cm³/mol. The summed E-state index contributed by atoms with van der Waals surface area (Å²) in [5, 5.41) is 8.80. The minimum absolute atomic E-state index is 0.203. The van der Waals surface area contributed by atoms with Gasteiger partial charge in [-0.1, -0.05) is 6.07 Å². The molecule has 1 rings (SSSR count). The summed E-state index contributed by atoms with van der Waals surface area (Å²) in [5.74, 6) is 1.70. The highest BCUT2D eigenvalue weighted by molar-refractivity contribution is 5.49. The van der Waals surface area contributed by atoms with Crippen molar-refractivity contribution >= 4 is 0 Å². The largest absolute Gasteiger partial charge is 0.496 e. The summed E-state index contributed by atoms with van der Waals surface area (Å²) in [6, 6.07) is 3.92. The molecule has 1 N–H and O–H groups in total. The van der Waals surface area contributed by atoms with Crippen molar-refractivity contribution in [3.8, 4) is 11.5 Å². The zero-order chi connectivity index (χ0) is 11.3. The maximum atomic E-state index is 8.80. The fourth-order valence-electron chi connectivity index (χ4n) is 1.70. The third kappa shape index (κ3) is 2.63. The molecule has 0 fully saturated rings. The van der Waals surface area contributed by atoms with Crippen LogP contribution in [-0.4, -0.2) is 25.9 Å². The number of hydrogen-bond donors (Lipinski definition) is 1. The molecule has 1 aromatic rings. The van der Waals surface area contributed by atoms with Gasteiger partial charge in [0.15, 0.2) is 0 Å². The molecular weight excluding hydrogens is 192 g/mol. The second-order valence-corrected chi connectivity index (χ2v) is 3.41. The van der Waals surface area contributed by atoms with E-state index in [1.807, 2.05) is 19.1 Å². The van der Waals surface area contributed by atoms with Crippen LogP contribution in [0.3, 0.4) is 0 Å². The third-order valence-corrected chi connectivity index (χ3v) is 2.47. The van der Waals surface area contributed by atoms with Gasteiger partial charge in [0, 0.05) is 12.2 Å². The van der Waals surface area contributed by atoms with E-state index in [-0.39, 0.29) is 6.61 Å². The van der Waals surface area contributed by atoms with Gasteiger partial charge in [0.2, 0.25) is 0 Å². The molecule has 0 radical (unpaired) electrons. The lowest BCUT2D eigenvalue weighted by Crippen LogP contribution is -1.98. The van der Waals surface area contributed by atoms with Crippen molar-refractivity contribution < 1.29 is 14.6 Å². The zero-order valence-corrected chi connectivity index (χ0v) is 9.54. The van der Waals surface area contributed by atoms with E-state index in [1.165, 1.54) is 0 Å². The van der Waals surface area contributed by atoms with E-state index in [4.69, 9.17) is 14.6 Å². The molecule has 0 heterocycles. The van der Waals surface area contributed by atoms with Gasteiger partial charge < -0.3 is 14.6 Å². The van der Waals surface area contributed by atoms with E-state index in [2.05, 4.69) is 0 Å². The molecule has 0 saturated carbocycles. The quantitative estimate of drug-likeness (QED) is 0.807. The lowest BCUT2D eigenvalue weighted by Gasteiger charge is -2.14. The lowest BCUT2D eigenvalue weighted by molar-refractivity contribution is 0.287. The first-order chi connectivity index (χ1) is 7.24. The average Bonchev–Trinajstić information content (AvgIpc) is 2.26. The number of methoxy groups -OCH3 is 2. The molecule has 0 bridgehead atoms. The molecule has 84 valence electrons. The first-order valence-electron chi connectivity index (χ1n) is 5.06. The van der Waals surface area contributed by atoms with Crippen LogP contribution in [0, 0.1) is 6.92 Å². The molecule has 0 spiro atoms. The molecule has 0 aliphatic carbocycles. The van der Waals surface area contributed by atoms with E-state index >= 15 is 0 Å². The Kier molecular flexibility index (Phi) is 4.43. The predicted octanol–water partition coefficient (Wildman–Crippen LogP) is 1.94. The summed E-state index contributed by atoms with van der Waals surface area (Å²) in [6.07, 6.45) is 1.58. The molecule has 1 aromatic carbocycles. The van der Waals surface area contributed by atoms with Crippen LogP contribution in [0.4, 0.5) is 0 Å². The van der Waals surface area contributed by atoms with Gasteiger partial charge in [-0.05, 0) is 31.4 Å². The Morgan fingerprint density at radius 3 is 2.47 bits per heavy atom. The van der Waals surface area contributed by atoms with E-state index in [0.29, 0.717) is 0 Å². The van der Waals surface area contributed by atoms with Crippen molar-refractivity contribution in [3.63, 3.8) is 0 Å². The van der Waals surface area contributed by atoms with Crippen molar-refractivity contribution in [2.24, 2.45) is 0 Å². The Balaban J connectivity index is 3.01. The minimum Gasteiger partial charge on any atom is -0.496 e. The van der Waals surface area contributed by atoms with E-state index in [0.717, 1.165) is 35.5 Å². The van der Waals surface area contributed by atoms with Gasteiger partial charge in [0.05, 0.1) is 14.2 Å². The van der Waals surface area contributed by atoms with Crippen LogP contribution in [0.15, 0.2) is 12.1 Å². The monoisotopic (exact) mass is 210 g/mol. The number of ether oxygens (including phenoxy) is 2. The van der Waals surface area contributed by atoms with Crippen LogP contribution in [0.25, 0.3) is 0 Å². The maximum Gasteiger partial charge on any atom is 0.128 e. The molecule has 0 aliphatic heterocycles. The molecule has 0 atom stereocenters. The average molecular weight is 210 g/mol. The summed E-state index contributed by atoms with van der Waals surface area (Å²) in [7, 11) is 3.30. The molecule has 0 unspecified atom stereocenters. The molecule has 15 heavy (non-hydrogen) atoms. The number of aliphatic hydroxyl groups excluding tert-OH is 1. The van der Waals surface area contributed by atoms with Crippen molar-refractivity contribution in [2.45, 2.75) is 19.8 Å². The van der Waals surface area contributed by atoms with Gasteiger partial charge in [-0.3, -0.25) is 0 Å². The molecule has 3 heteroatoms. The second-order valence-electron chi connectivity index (χ2n) is 3.41. The third-order valence-electron chi connectivity index (χ3n) is 2.47. The molecule has 0 amide bonds. The number of aryl methyl sites for hydroxylation is 1. The number of rotatable bonds is 5. The second kappa shape index (κ2) is 5.61. The highest BCUT2D eigenvalue weighted by atomic mass is 16.5. The molecule has 3 nitrogen and oxygen atoms in total. The van der Waals surface area contributed by atoms with Crippen LogP contribution in [0.1, 0.15) is 17.5 Å². The first-order valence-corrected chi connectivity index (χ1v) is 5.06. The van der Waals surface area contributed by atoms with Crippen LogP contribution in [-0.2, 0) is 6.42 Å². The Morgan fingerprint density at radius 2 is 1.93 bits per heavy atom. The number of hydrogen-bond acceptors (Lipinski definition) is 3. The van der Waals surface area contributed by atoms with E-state index in [1.54, 1.807) is 14.2 Å². The summed E-state index contributed by atoms with van der Waals surface area (Å²) < 4.78 is 10.6. The van der Waals surface area contributed by atoms with E-state index in [9.17, 15) is 0 Å². The minimum atomic E-state index is 0.203. The van der Waals surface area contributed by atoms with Crippen LogP contribution >= 0.6 is 0 Å². The first kappa shape index (κ1) is 11.9. The van der Waals surface area contributed by atoms with Crippen molar-refractivity contribution in [2.75, 3.05) is 20.8 Å². The van der Waals surface area contributed by atoms with Gasteiger partial charge in [-0.25, -0.2) is 0 Å². The summed E-state index contributed by atoms with van der Waals surface area (Å²) in [5.41, 5.74) is 2.13. The van der Waals surface area contributed by atoms with Crippen molar-refractivity contribution in [1.82, 2.24) is 0 Å². The van der Waals surface area contributed by atoms with Gasteiger partial charge in [0.1, 0.15) is 11.5 Å². The smallest absolute Gasteiger partial charge is 0.128 e. The Hall–Kier alpha value is -1.22. The highest BCUT2D eigenvalue weighted by Crippen LogP contribution is 2.31. The fourth-order valence-corrected chi connectivity index (χ4v) is 1.70. The van der Waals surface area contributed by atoms with Crippen molar-refractivity contribution in [1.29, 1.82) is 0 Å². The maximum absolute atomic E-state index is 8.80. The summed E-state index contributed by atoms with van der Waals surface area (Å²) in [4.78, 5) is 0. The molecule has 0 aliphatic rings. The van der Waals surface area contributed by atoms with E-state index < -0.39 is 0 Å². The topological polar surface area (TPSA) is 38.7 Å². The summed E-state index contributed by atoms with van der Waals surface area (Å²) in [6.45, 7) is 2.17. The van der Waals surface area contributed by atoms with Gasteiger partial charge in [-0.15, -0.1) is 0 Å². The fraction of sp³-hybridized carbons (Fsp3) is 0.500. The van der Waals surface area contributed by atoms with Crippen molar-refractivity contribution in [3.05, 3.63) is 23.3 Å². The molecule has 0 saturated heterocycles. The highest BCUT2D eigenvalue weighted by Gasteiger charge is 2.10. The van der Waals surface area contributed by atoms with Crippen LogP contribution in [0.5, 0.6) is 11.5 Å². The standard InChI is InChI=1S/C12H18O3/c1-9-11(14-2)7-6-10(5-4-8-13)12(9)15-3/h6-7,13H,4-5,8H2,1-3H3. The Morgan fingerprint density at radius 1 is 1.20 bits per heavy atom. The van der Waals surface area contributed by atoms with Gasteiger partial charge >= 0.3 is 0 Å². The summed E-state index contributed by atoms with van der Waals surface area (Å²) >= 11 is 0. The normalized spacial score (nSPS) is 10.1. The lowest BCUT2D eigenvalue weighted by atomic mass is 10.0. The molecule has 0 aromatic heterocycles. The van der Waals surface area contributed by atoms with Crippen LogP contribution in [0.2, 0.25) is 0 Å². The number of benzene rings is 1. The number of aliphatic hydroxyl groups is 1. The van der Waals surface area contributed by atoms with Gasteiger partial charge in [-0.2, -0.15) is 0 Å². The Bertz CT molecular complexity index is 321.